The summed E-state index contributed by atoms with van der Waals surface area (Å²) in [7, 11) is 0. The highest BCUT2D eigenvalue weighted by molar-refractivity contribution is 8.15. The van der Waals surface area contributed by atoms with Crippen LogP contribution in [0.5, 0.6) is 5.75 Å². The number of thioether (sulfide) groups is 1. The molecule has 2 heterocycles. The van der Waals surface area contributed by atoms with Gasteiger partial charge in [-0.2, -0.15) is 4.99 Å². The highest BCUT2D eigenvalue weighted by Crippen LogP contribution is 2.37. The zero-order valence-corrected chi connectivity index (χ0v) is 28.7. The van der Waals surface area contributed by atoms with Crippen LogP contribution in [0.2, 0.25) is 0 Å². The van der Waals surface area contributed by atoms with Gasteiger partial charge in [0.1, 0.15) is 12.1 Å². The van der Waals surface area contributed by atoms with Crippen molar-refractivity contribution >= 4 is 45.9 Å². The zero-order valence-electron chi connectivity index (χ0n) is 27.9. The van der Waals surface area contributed by atoms with E-state index < -0.39 is 12.4 Å². The maximum atomic E-state index is 13.2. The molecule has 0 radical (unpaired) electrons. The lowest BCUT2D eigenvalue weighted by Gasteiger charge is -2.28. The standard InChI is InChI=1S/C35H38F3N7O3S/c1-6-16-43(17-7-2)26-11-14-28(22(3)4)30(19-26)45-31(46)20-49-34(45)41-33(47)40-29-15-8-24(18-23(29)5)32-39-21-44(42-32)25-9-12-27(13-10-25)48-35(36,37)38/h8-15,18-19,21-22H,6-7,16-17,20H2,1-5H3,(H,40,47)/b41-34-. The smallest absolute Gasteiger partial charge is 0.406 e. The lowest BCUT2D eigenvalue weighted by atomic mass is 9.99. The SMILES string of the molecule is CCCN(CCC)c1ccc(C(C)C)c(N2C(=O)CS/C2=N\C(=O)Nc2ccc(-c3ncn(-c4ccc(OC(F)(F)F)cc4)n3)cc2C)c1. The summed E-state index contributed by atoms with van der Waals surface area (Å²) in [5, 5.41) is 7.60. The van der Waals surface area contributed by atoms with Crippen molar-refractivity contribution in [2.45, 2.75) is 59.7 Å². The Kier molecular flexibility index (Phi) is 11.0. The number of alkyl halides is 3. The number of halogens is 3. The minimum Gasteiger partial charge on any atom is -0.406 e. The Morgan fingerprint density at radius 3 is 2.41 bits per heavy atom. The van der Waals surface area contributed by atoms with E-state index in [9.17, 15) is 22.8 Å². The first-order chi connectivity index (χ1) is 23.4. The minimum absolute atomic E-state index is 0.133. The molecule has 1 saturated heterocycles. The Balaban J connectivity index is 1.33. The average molecular weight is 694 g/mol. The van der Waals surface area contributed by atoms with Gasteiger partial charge in [0.05, 0.1) is 17.1 Å². The summed E-state index contributed by atoms with van der Waals surface area (Å²) < 4.78 is 42.8. The molecule has 0 atom stereocenters. The van der Waals surface area contributed by atoms with Gasteiger partial charge in [0.25, 0.3) is 0 Å². The number of carbonyl (C=O) groups is 2. The molecule has 0 bridgehead atoms. The maximum absolute atomic E-state index is 13.2. The number of carbonyl (C=O) groups excluding carboxylic acids is 2. The molecule has 1 fully saturated rings. The Labute approximate surface area is 287 Å². The predicted molar refractivity (Wildman–Crippen MR) is 188 cm³/mol. The van der Waals surface area contributed by atoms with E-state index >= 15 is 0 Å². The number of hydrogen-bond donors (Lipinski definition) is 1. The Hall–Kier alpha value is -4.85. The number of amides is 3. The monoisotopic (exact) mass is 693 g/mol. The number of aromatic nitrogens is 3. The van der Waals surface area contributed by atoms with Crippen LogP contribution in [0.3, 0.4) is 0 Å². The van der Waals surface area contributed by atoms with E-state index in [0.717, 1.165) is 48.4 Å². The lowest BCUT2D eigenvalue weighted by Crippen LogP contribution is -2.32. The van der Waals surface area contributed by atoms with Gasteiger partial charge in [-0.05, 0) is 91.4 Å². The molecule has 14 heteroatoms. The van der Waals surface area contributed by atoms with Gasteiger partial charge in [0.2, 0.25) is 5.91 Å². The van der Waals surface area contributed by atoms with E-state index in [1.54, 1.807) is 17.0 Å². The highest BCUT2D eigenvalue weighted by atomic mass is 32.2. The maximum Gasteiger partial charge on any atom is 0.573 e. The Morgan fingerprint density at radius 2 is 1.78 bits per heavy atom. The topological polar surface area (TPSA) is 105 Å². The van der Waals surface area contributed by atoms with Crippen molar-refractivity contribution in [3.05, 3.63) is 78.1 Å². The fourth-order valence-electron chi connectivity index (χ4n) is 5.50. The number of benzene rings is 3. The number of aliphatic imine (C=N–C) groups is 1. The molecule has 5 rings (SSSR count). The van der Waals surface area contributed by atoms with Crippen molar-refractivity contribution in [2.24, 2.45) is 4.99 Å². The molecular formula is C35H38F3N7O3S. The van der Waals surface area contributed by atoms with E-state index in [0.29, 0.717) is 27.9 Å². The first kappa shape index (κ1) is 35.5. The molecule has 0 unspecified atom stereocenters. The van der Waals surface area contributed by atoms with Gasteiger partial charge in [-0.15, -0.1) is 18.3 Å². The number of aryl methyl sites for hydroxylation is 1. The van der Waals surface area contributed by atoms with Crippen molar-refractivity contribution < 1.29 is 27.5 Å². The van der Waals surface area contributed by atoms with Crippen LogP contribution in [0.25, 0.3) is 17.1 Å². The first-order valence-corrected chi connectivity index (χ1v) is 17.0. The molecule has 1 aromatic heterocycles. The molecule has 4 aromatic rings. The van der Waals surface area contributed by atoms with Crippen molar-refractivity contribution in [2.75, 3.05) is 34.0 Å². The third-order valence-corrected chi connectivity index (χ3v) is 8.67. The quantitative estimate of drug-likeness (QED) is 0.168. The summed E-state index contributed by atoms with van der Waals surface area (Å²) in [6.07, 6.45) is -1.33. The number of nitrogens with zero attached hydrogens (tertiary/aromatic N) is 6. The Bertz CT molecular complexity index is 1830. The summed E-state index contributed by atoms with van der Waals surface area (Å²) in [6.45, 7) is 12.0. The molecule has 258 valence electrons. The molecule has 1 aliphatic rings. The van der Waals surface area contributed by atoms with Crippen LogP contribution in [0.4, 0.5) is 35.0 Å². The van der Waals surface area contributed by atoms with E-state index in [1.807, 2.05) is 19.1 Å². The molecule has 3 aromatic carbocycles. The van der Waals surface area contributed by atoms with Crippen LogP contribution in [0, 0.1) is 6.92 Å². The molecule has 0 spiro atoms. The molecular weight excluding hydrogens is 655 g/mol. The summed E-state index contributed by atoms with van der Waals surface area (Å²) >= 11 is 1.23. The highest BCUT2D eigenvalue weighted by Gasteiger charge is 2.33. The zero-order chi connectivity index (χ0) is 35.3. The molecule has 1 N–H and O–H groups in total. The van der Waals surface area contributed by atoms with Crippen LogP contribution in [-0.4, -0.2) is 57.1 Å². The fourth-order valence-corrected chi connectivity index (χ4v) is 6.35. The minimum atomic E-state index is -4.78. The normalized spacial score (nSPS) is 14.2. The molecule has 0 aliphatic carbocycles. The van der Waals surface area contributed by atoms with Crippen LogP contribution in [0.1, 0.15) is 57.6 Å². The van der Waals surface area contributed by atoms with Crippen molar-refractivity contribution in [3.8, 4) is 22.8 Å². The average Bonchev–Trinajstić information content (AvgIpc) is 3.68. The van der Waals surface area contributed by atoms with Gasteiger partial charge in [0, 0.05) is 30.0 Å². The van der Waals surface area contributed by atoms with Gasteiger partial charge in [0.15, 0.2) is 11.0 Å². The molecule has 49 heavy (non-hydrogen) atoms. The molecule has 10 nitrogen and oxygen atoms in total. The van der Waals surface area contributed by atoms with Gasteiger partial charge < -0.3 is 15.0 Å². The van der Waals surface area contributed by atoms with Crippen LogP contribution >= 0.6 is 11.8 Å². The van der Waals surface area contributed by atoms with Gasteiger partial charge in [-0.1, -0.05) is 45.5 Å². The predicted octanol–water partition coefficient (Wildman–Crippen LogP) is 8.56. The van der Waals surface area contributed by atoms with E-state index in [-0.39, 0.29) is 23.3 Å². The first-order valence-electron chi connectivity index (χ1n) is 16.0. The second-order valence-corrected chi connectivity index (χ2v) is 12.8. The van der Waals surface area contributed by atoms with E-state index in [2.05, 4.69) is 69.9 Å². The van der Waals surface area contributed by atoms with Crippen molar-refractivity contribution in [3.63, 3.8) is 0 Å². The number of ether oxygens (including phenoxy) is 1. The number of nitrogens with one attached hydrogen (secondary N) is 1. The van der Waals surface area contributed by atoms with Gasteiger partial charge >= 0.3 is 12.4 Å². The van der Waals surface area contributed by atoms with Crippen LogP contribution in [-0.2, 0) is 4.79 Å². The number of hydrogen-bond acceptors (Lipinski definition) is 7. The largest absolute Gasteiger partial charge is 0.573 e. The number of anilines is 3. The second kappa shape index (κ2) is 15.1. The third kappa shape index (κ3) is 8.60. The van der Waals surface area contributed by atoms with E-state index in [1.165, 1.54) is 47.0 Å². The summed E-state index contributed by atoms with van der Waals surface area (Å²) in [5.41, 5.74) is 5.18. The summed E-state index contributed by atoms with van der Waals surface area (Å²) in [4.78, 5) is 39.0. The number of urea groups is 1. The van der Waals surface area contributed by atoms with Crippen molar-refractivity contribution in [1.29, 1.82) is 0 Å². The number of rotatable bonds is 11. The lowest BCUT2D eigenvalue weighted by molar-refractivity contribution is -0.274. The Morgan fingerprint density at radius 1 is 1.06 bits per heavy atom. The fraction of sp³-hybridized carbons (Fsp3) is 0.343. The summed E-state index contributed by atoms with van der Waals surface area (Å²) in [5.74, 6) is 0.236. The molecule has 0 saturated carbocycles. The molecule has 3 amide bonds. The summed E-state index contributed by atoms with van der Waals surface area (Å²) in [6, 6.07) is 16.1. The van der Waals surface area contributed by atoms with Crippen LogP contribution in [0.15, 0.2) is 72.0 Å². The van der Waals surface area contributed by atoms with E-state index in [4.69, 9.17) is 0 Å². The third-order valence-electron chi connectivity index (χ3n) is 7.74. The van der Waals surface area contributed by atoms with Crippen molar-refractivity contribution in [1.82, 2.24) is 14.8 Å². The second-order valence-electron chi connectivity index (χ2n) is 11.8. The number of amidine groups is 1. The molecule has 1 aliphatic heterocycles. The van der Waals surface area contributed by atoms with Gasteiger partial charge in [-0.25, -0.2) is 14.5 Å². The van der Waals surface area contributed by atoms with Crippen LogP contribution < -0.4 is 19.9 Å². The van der Waals surface area contributed by atoms with Gasteiger partial charge in [-0.3, -0.25) is 9.69 Å².